The molecule has 21 heavy (non-hydrogen) atoms. The number of alkyl halides is 3. The van der Waals surface area contributed by atoms with Crippen LogP contribution in [0.3, 0.4) is 0 Å². The molecule has 0 saturated heterocycles. The van der Waals surface area contributed by atoms with Crippen LogP contribution in [-0.4, -0.2) is 12.1 Å². The summed E-state index contributed by atoms with van der Waals surface area (Å²) in [7, 11) is 0. The molecule has 0 radical (unpaired) electrons. The molecular formula is C16H21F4N. The fourth-order valence-electron chi connectivity index (χ4n) is 1.84. The predicted molar refractivity (Wildman–Crippen MR) is 77.4 cm³/mol. The minimum atomic E-state index is -4.66. The van der Waals surface area contributed by atoms with E-state index in [9.17, 15) is 17.6 Å². The molecule has 1 nitrogen and oxygen atoms in total. The van der Waals surface area contributed by atoms with Crippen molar-refractivity contribution in [3.05, 3.63) is 41.2 Å². The van der Waals surface area contributed by atoms with E-state index >= 15 is 0 Å². The van der Waals surface area contributed by atoms with E-state index < -0.39 is 17.6 Å². The van der Waals surface area contributed by atoms with Crippen molar-refractivity contribution in [1.29, 1.82) is 0 Å². The molecule has 5 heteroatoms. The first-order valence-electron chi connectivity index (χ1n) is 6.79. The molecule has 118 valence electrons. The van der Waals surface area contributed by atoms with Gasteiger partial charge in [-0.05, 0) is 63.9 Å². The molecule has 0 fully saturated rings. The molecule has 0 aliphatic rings. The van der Waals surface area contributed by atoms with Gasteiger partial charge in [0.15, 0.2) is 0 Å². The second kappa shape index (κ2) is 6.60. The summed E-state index contributed by atoms with van der Waals surface area (Å²) in [6, 6.07) is 3.02. The average Bonchev–Trinajstić information content (AvgIpc) is 2.31. The third-order valence-corrected chi connectivity index (χ3v) is 2.98. The molecule has 1 aromatic rings. The lowest BCUT2D eigenvalue weighted by atomic mass is 10.0. The largest absolute Gasteiger partial charge is 0.419 e. The molecule has 1 aromatic carbocycles. The van der Waals surface area contributed by atoms with Crippen molar-refractivity contribution >= 4 is 5.57 Å². The molecule has 0 aliphatic heterocycles. The highest BCUT2D eigenvalue weighted by molar-refractivity contribution is 5.64. The topological polar surface area (TPSA) is 12.0 Å². The van der Waals surface area contributed by atoms with Crippen molar-refractivity contribution in [3.8, 4) is 0 Å². The second-order valence-corrected chi connectivity index (χ2v) is 6.04. The molecule has 0 amide bonds. The molecule has 0 bridgehead atoms. The minimum Gasteiger partial charge on any atom is -0.312 e. The van der Waals surface area contributed by atoms with Gasteiger partial charge in [-0.25, -0.2) is 4.39 Å². The molecule has 1 N–H and O–H groups in total. The maximum Gasteiger partial charge on any atom is 0.419 e. The van der Waals surface area contributed by atoms with Crippen LogP contribution in [0.4, 0.5) is 17.6 Å². The molecular weight excluding hydrogens is 282 g/mol. The highest BCUT2D eigenvalue weighted by atomic mass is 19.4. The lowest BCUT2D eigenvalue weighted by molar-refractivity contribution is -0.140. The Morgan fingerprint density at radius 3 is 2.29 bits per heavy atom. The van der Waals surface area contributed by atoms with E-state index in [1.807, 2.05) is 6.08 Å². The average molecular weight is 303 g/mol. The third-order valence-electron chi connectivity index (χ3n) is 2.98. The fraction of sp³-hybridized carbons (Fsp3) is 0.500. The van der Waals surface area contributed by atoms with Gasteiger partial charge in [-0.15, -0.1) is 0 Å². The number of hydrogen-bond acceptors (Lipinski definition) is 1. The molecule has 0 atom stereocenters. The van der Waals surface area contributed by atoms with Gasteiger partial charge < -0.3 is 5.32 Å². The monoisotopic (exact) mass is 303 g/mol. The number of nitrogens with one attached hydrogen (secondary N) is 1. The number of benzene rings is 1. The molecule has 0 unspecified atom stereocenters. The summed E-state index contributed by atoms with van der Waals surface area (Å²) in [4.78, 5) is 0. The Kier molecular flexibility index (Phi) is 5.56. The Hall–Kier alpha value is -1.36. The van der Waals surface area contributed by atoms with Crippen LogP contribution in [0.5, 0.6) is 0 Å². The summed E-state index contributed by atoms with van der Waals surface area (Å²) in [5, 5.41) is 3.30. The summed E-state index contributed by atoms with van der Waals surface area (Å²) in [6.07, 6.45) is -2.04. The summed E-state index contributed by atoms with van der Waals surface area (Å²) >= 11 is 0. The maximum atomic E-state index is 13.5. The van der Waals surface area contributed by atoms with E-state index in [2.05, 4.69) is 26.1 Å². The smallest absolute Gasteiger partial charge is 0.312 e. The summed E-state index contributed by atoms with van der Waals surface area (Å²) in [5.41, 5.74) is 0.0189. The number of rotatable bonds is 4. The lowest BCUT2D eigenvalue weighted by Crippen LogP contribution is -2.36. The van der Waals surface area contributed by atoms with Crippen molar-refractivity contribution in [1.82, 2.24) is 5.32 Å². The summed E-state index contributed by atoms with van der Waals surface area (Å²) < 4.78 is 50.9. The standard InChI is InChI=1S/C16H21F4N/c1-11(6-5-9-21-15(2,3)4)12-7-8-13(14(17)10-12)16(18,19)20/h6-8,10,21H,5,9H2,1-4H3/b11-6-. The van der Waals surface area contributed by atoms with Crippen molar-refractivity contribution in [2.45, 2.75) is 45.8 Å². The normalized spacial score (nSPS) is 13.6. The van der Waals surface area contributed by atoms with Gasteiger partial charge in [0.25, 0.3) is 0 Å². The van der Waals surface area contributed by atoms with Gasteiger partial charge in [0.1, 0.15) is 5.82 Å². The van der Waals surface area contributed by atoms with Gasteiger partial charge in [-0.2, -0.15) is 13.2 Å². The van der Waals surface area contributed by atoms with E-state index in [0.29, 0.717) is 5.56 Å². The maximum absolute atomic E-state index is 13.5. The van der Waals surface area contributed by atoms with E-state index in [0.717, 1.165) is 30.7 Å². The predicted octanol–water partition coefficient (Wildman–Crippen LogP) is 5.03. The van der Waals surface area contributed by atoms with Crippen molar-refractivity contribution in [3.63, 3.8) is 0 Å². The Morgan fingerprint density at radius 1 is 1.19 bits per heavy atom. The number of allylic oxidation sites excluding steroid dienone is 1. The zero-order chi connectivity index (χ0) is 16.3. The van der Waals surface area contributed by atoms with Crippen LogP contribution in [0.2, 0.25) is 0 Å². The second-order valence-electron chi connectivity index (χ2n) is 6.04. The molecule has 0 heterocycles. The molecule has 0 saturated carbocycles. The Labute approximate surface area is 123 Å². The van der Waals surface area contributed by atoms with Crippen LogP contribution in [-0.2, 0) is 6.18 Å². The first-order valence-corrected chi connectivity index (χ1v) is 6.79. The minimum absolute atomic E-state index is 0.0161. The molecule has 0 aliphatic carbocycles. The number of hydrogen-bond donors (Lipinski definition) is 1. The SMILES string of the molecule is C/C(=C/CCNC(C)(C)C)c1ccc(C(F)(F)F)c(F)c1. The van der Waals surface area contributed by atoms with Crippen LogP contribution < -0.4 is 5.32 Å². The van der Waals surface area contributed by atoms with Crippen LogP contribution in [0, 0.1) is 5.82 Å². The summed E-state index contributed by atoms with van der Waals surface area (Å²) in [6.45, 7) is 8.67. The van der Waals surface area contributed by atoms with Gasteiger partial charge in [0.2, 0.25) is 0 Å². The first-order chi connectivity index (χ1) is 9.50. The Morgan fingerprint density at radius 2 is 1.81 bits per heavy atom. The van der Waals surface area contributed by atoms with Crippen LogP contribution in [0.1, 0.15) is 45.2 Å². The Bertz CT molecular complexity index is 510. The zero-order valence-corrected chi connectivity index (χ0v) is 12.7. The summed E-state index contributed by atoms with van der Waals surface area (Å²) in [5.74, 6) is -1.24. The van der Waals surface area contributed by atoms with E-state index in [1.54, 1.807) is 6.92 Å². The van der Waals surface area contributed by atoms with Gasteiger partial charge in [-0.3, -0.25) is 0 Å². The van der Waals surface area contributed by atoms with Gasteiger partial charge in [-0.1, -0.05) is 12.1 Å². The van der Waals surface area contributed by atoms with Crippen LogP contribution in [0.25, 0.3) is 5.57 Å². The number of halogens is 4. The molecule has 0 spiro atoms. The van der Waals surface area contributed by atoms with E-state index in [1.165, 1.54) is 6.07 Å². The fourth-order valence-corrected chi connectivity index (χ4v) is 1.84. The highest BCUT2D eigenvalue weighted by Gasteiger charge is 2.33. The van der Waals surface area contributed by atoms with Gasteiger partial charge in [0.05, 0.1) is 5.56 Å². The van der Waals surface area contributed by atoms with Crippen molar-refractivity contribution < 1.29 is 17.6 Å². The lowest BCUT2D eigenvalue weighted by Gasteiger charge is -2.19. The third kappa shape index (κ3) is 5.87. The molecule has 1 rings (SSSR count). The van der Waals surface area contributed by atoms with Crippen LogP contribution in [0.15, 0.2) is 24.3 Å². The quantitative estimate of drug-likeness (QED) is 0.608. The van der Waals surface area contributed by atoms with E-state index in [4.69, 9.17) is 0 Å². The zero-order valence-electron chi connectivity index (χ0n) is 12.7. The molecule has 0 aromatic heterocycles. The van der Waals surface area contributed by atoms with Gasteiger partial charge >= 0.3 is 6.18 Å². The van der Waals surface area contributed by atoms with E-state index in [-0.39, 0.29) is 5.54 Å². The van der Waals surface area contributed by atoms with Crippen molar-refractivity contribution in [2.75, 3.05) is 6.54 Å². The first kappa shape index (κ1) is 17.7. The highest BCUT2D eigenvalue weighted by Crippen LogP contribution is 2.32. The van der Waals surface area contributed by atoms with Crippen molar-refractivity contribution in [2.24, 2.45) is 0 Å². The van der Waals surface area contributed by atoms with Crippen LogP contribution >= 0.6 is 0 Å². The Balaban J connectivity index is 2.75. The van der Waals surface area contributed by atoms with Gasteiger partial charge in [0, 0.05) is 5.54 Å².